The lowest BCUT2D eigenvalue weighted by molar-refractivity contribution is -0.115. The topological polar surface area (TPSA) is 70.3 Å². The molecule has 6 nitrogen and oxygen atoms in total. The Bertz CT molecular complexity index is 982. The lowest BCUT2D eigenvalue weighted by Gasteiger charge is -2.36. The van der Waals surface area contributed by atoms with Crippen LogP contribution in [0.5, 0.6) is 0 Å². The predicted octanol–water partition coefficient (Wildman–Crippen LogP) is 3.94. The Morgan fingerprint density at radius 2 is 2.10 bits per heavy atom. The second kappa shape index (κ2) is 8.53. The minimum atomic E-state index is -0.0962. The maximum Gasteiger partial charge on any atom is 0.245 e. The number of amides is 1. The van der Waals surface area contributed by atoms with Crippen molar-refractivity contribution in [1.82, 2.24) is 4.57 Å². The van der Waals surface area contributed by atoms with E-state index >= 15 is 0 Å². The van der Waals surface area contributed by atoms with Gasteiger partial charge in [-0.1, -0.05) is 18.2 Å². The number of nitriles is 1. The Kier molecular flexibility index (Phi) is 5.83. The zero-order valence-corrected chi connectivity index (χ0v) is 18.1. The minimum absolute atomic E-state index is 0.0962. The van der Waals surface area contributed by atoms with Crippen molar-refractivity contribution >= 4 is 17.4 Å². The molecule has 1 saturated heterocycles. The summed E-state index contributed by atoms with van der Waals surface area (Å²) in [5.41, 5.74) is 4.89. The molecule has 0 radical (unpaired) electrons. The number of anilines is 2. The highest BCUT2D eigenvalue weighted by molar-refractivity contribution is 5.95. The number of hydrogen-bond acceptors (Lipinski definition) is 4. The SMILES string of the molecule is Cc1c(C#N)c(NC(=O)CN2c3ccccc3CCC2C)n(CC2CCCO2)c1C. The summed E-state index contributed by atoms with van der Waals surface area (Å²) in [6.07, 6.45) is 4.27. The Balaban J connectivity index is 1.57. The first kappa shape index (κ1) is 20.5. The molecule has 3 heterocycles. The van der Waals surface area contributed by atoms with Gasteiger partial charge in [-0.3, -0.25) is 4.79 Å². The Hall–Kier alpha value is -2.78. The number of nitrogens with zero attached hydrogens (tertiary/aromatic N) is 3. The third-order valence-corrected chi connectivity index (χ3v) is 6.59. The largest absolute Gasteiger partial charge is 0.376 e. The van der Waals surface area contributed by atoms with Crippen molar-refractivity contribution in [1.29, 1.82) is 5.26 Å². The zero-order valence-electron chi connectivity index (χ0n) is 18.1. The van der Waals surface area contributed by atoms with Crippen LogP contribution in [0.1, 0.15) is 48.6 Å². The summed E-state index contributed by atoms with van der Waals surface area (Å²) in [5, 5.41) is 12.8. The predicted molar refractivity (Wildman–Crippen MR) is 118 cm³/mol. The van der Waals surface area contributed by atoms with Crippen LogP contribution in [0.25, 0.3) is 0 Å². The van der Waals surface area contributed by atoms with Crippen molar-refractivity contribution in [2.24, 2.45) is 0 Å². The number of carbonyl (C=O) groups excluding carboxylic acids is 1. The van der Waals surface area contributed by atoms with Gasteiger partial charge in [0.05, 0.1) is 24.8 Å². The molecule has 1 fully saturated rings. The molecule has 2 atom stereocenters. The smallest absolute Gasteiger partial charge is 0.245 e. The lowest BCUT2D eigenvalue weighted by Crippen LogP contribution is -2.42. The molecule has 2 unspecified atom stereocenters. The number of para-hydroxylation sites is 1. The summed E-state index contributed by atoms with van der Waals surface area (Å²) in [7, 11) is 0. The van der Waals surface area contributed by atoms with E-state index in [1.807, 2.05) is 19.9 Å². The van der Waals surface area contributed by atoms with Gasteiger partial charge in [0.2, 0.25) is 5.91 Å². The molecule has 158 valence electrons. The molecule has 0 aliphatic carbocycles. The molecule has 0 spiro atoms. The van der Waals surface area contributed by atoms with Crippen LogP contribution >= 0.6 is 0 Å². The highest BCUT2D eigenvalue weighted by Gasteiger charge is 2.27. The third-order valence-electron chi connectivity index (χ3n) is 6.59. The van der Waals surface area contributed by atoms with E-state index < -0.39 is 0 Å². The van der Waals surface area contributed by atoms with E-state index in [0.29, 0.717) is 24.0 Å². The molecule has 1 amide bonds. The second-order valence-corrected chi connectivity index (χ2v) is 8.48. The van der Waals surface area contributed by atoms with Gasteiger partial charge in [-0.2, -0.15) is 5.26 Å². The van der Waals surface area contributed by atoms with Gasteiger partial charge < -0.3 is 19.5 Å². The number of rotatable bonds is 5. The summed E-state index contributed by atoms with van der Waals surface area (Å²) in [5.74, 6) is 0.507. The zero-order chi connectivity index (χ0) is 21.3. The van der Waals surface area contributed by atoms with E-state index in [1.54, 1.807) is 0 Å². The number of benzene rings is 1. The standard InChI is InChI=1S/C24H30N4O2/c1-16-10-11-19-7-4-5-9-22(19)27(16)15-23(29)26-24-21(13-25)17(2)18(3)28(24)14-20-8-6-12-30-20/h4-5,7,9,16,20H,6,8,10-12,14-15H2,1-3H3,(H,26,29). The van der Waals surface area contributed by atoms with E-state index in [0.717, 1.165) is 49.2 Å². The minimum Gasteiger partial charge on any atom is -0.376 e. The van der Waals surface area contributed by atoms with Crippen molar-refractivity contribution in [3.8, 4) is 6.07 Å². The van der Waals surface area contributed by atoms with E-state index in [2.05, 4.69) is 46.0 Å². The summed E-state index contributed by atoms with van der Waals surface area (Å²) < 4.78 is 7.86. The fourth-order valence-corrected chi connectivity index (χ4v) is 4.68. The van der Waals surface area contributed by atoms with Gasteiger partial charge in [0.1, 0.15) is 11.9 Å². The van der Waals surface area contributed by atoms with Crippen molar-refractivity contribution in [3.63, 3.8) is 0 Å². The van der Waals surface area contributed by atoms with Crippen LogP contribution < -0.4 is 10.2 Å². The molecule has 30 heavy (non-hydrogen) atoms. The van der Waals surface area contributed by atoms with Crippen LogP contribution in [0.2, 0.25) is 0 Å². The normalized spacial score (nSPS) is 20.7. The summed E-state index contributed by atoms with van der Waals surface area (Å²) in [4.78, 5) is 15.3. The lowest BCUT2D eigenvalue weighted by atomic mass is 9.96. The van der Waals surface area contributed by atoms with Crippen LogP contribution in [0.4, 0.5) is 11.5 Å². The fourth-order valence-electron chi connectivity index (χ4n) is 4.68. The van der Waals surface area contributed by atoms with Gasteiger partial charge in [-0.15, -0.1) is 0 Å². The first-order valence-electron chi connectivity index (χ1n) is 10.9. The van der Waals surface area contributed by atoms with Crippen LogP contribution in [0.15, 0.2) is 24.3 Å². The Labute approximate surface area is 178 Å². The number of hydrogen-bond donors (Lipinski definition) is 1. The third kappa shape index (κ3) is 3.82. The molecule has 2 aliphatic rings. The summed E-state index contributed by atoms with van der Waals surface area (Å²) in [6, 6.07) is 10.9. The molecule has 4 rings (SSSR count). The Morgan fingerprint density at radius 1 is 1.30 bits per heavy atom. The first-order chi connectivity index (χ1) is 14.5. The van der Waals surface area contributed by atoms with Gasteiger partial charge in [-0.25, -0.2) is 0 Å². The summed E-state index contributed by atoms with van der Waals surface area (Å²) in [6.45, 7) is 7.82. The molecule has 0 saturated carbocycles. The number of fused-ring (bicyclic) bond motifs is 1. The van der Waals surface area contributed by atoms with E-state index in [1.165, 1.54) is 5.56 Å². The van der Waals surface area contributed by atoms with E-state index in [4.69, 9.17) is 4.74 Å². The fraction of sp³-hybridized carbons (Fsp3) is 0.500. The molecular formula is C24H30N4O2. The molecule has 1 N–H and O–H groups in total. The van der Waals surface area contributed by atoms with Gasteiger partial charge in [-0.05, 0) is 63.6 Å². The van der Waals surface area contributed by atoms with E-state index in [9.17, 15) is 10.1 Å². The van der Waals surface area contributed by atoms with Gasteiger partial charge in [0.15, 0.2) is 0 Å². The van der Waals surface area contributed by atoms with Gasteiger partial charge in [0.25, 0.3) is 0 Å². The van der Waals surface area contributed by atoms with Crippen LogP contribution in [-0.4, -0.2) is 35.8 Å². The number of nitrogens with one attached hydrogen (secondary N) is 1. The average Bonchev–Trinajstić information content (AvgIpc) is 3.33. The number of aromatic nitrogens is 1. The molecule has 6 heteroatoms. The number of carbonyl (C=O) groups is 1. The van der Waals surface area contributed by atoms with Crippen molar-refractivity contribution < 1.29 is 9.53 Å². The highest BCUT2D eigenvalue weighted by Crippen LogP contribution is 2.31. The first-order valence-corrected chi connectivity index (χ1v) is 10.9. The Morgan fingerprint density at radius 3 is 2.83 bits per heavy atom. The van der Waals surface area contributed by atoms with Crippen LogP contribution in [0, 0.1) is 25.2 Å². The van der Waals surface area contributed by atoms with Crippen LogP contribution in [0.3, 0.4) is 0 Å². The maximum absolute atomic E-state index is 13.1. The van der Waals surface area contributed by atoms with Gasteiger partial charge >= 0.3 is 0 Å². The molecular weight excluding hydrogens is 376 g/mol. The molecule has 0 bridgehead atoms. The van der Waals surface area contributed by atoms with E-state index in [-0.39, 0.29) is 18.6 Å². The van der Waals surface area contributed by atoms with Crippen LogP contribution in [-0.2, 0) is 22.5 Å². The van der Waals surface area contributed by atoms with Gasteiger partial charge in [0, 0.05) is 24.0 Å². The quantitative estimate of drug-likeness (QED) is 0.817. The van der Waals surface area contributed by atoms with Crippen molar-refractivity contribution in [2.45, 2.75) is 65.1 Å². The highest BCUT2D eigenvalue weighted by atomic mass is 16.5. The maximum atomic E-state index is 13.1. The number of aryl methyl sites for hydroxylation is 1. The van der Waals surface area contributed by atoms with Crippen molar-refractivity contribution in [2.75, 3.05) is 23.4 Å². The monoisotopic (exact) mass is 406 g/mol. The molecule has 2 aliphatic heterocycles. The molecule has 2 aromatic rings. The van der Waals surface area contributed by atoms with Crippen molar-refractivity contribution in [3.05, 3.63) is 46.6 Å². The number of ether oxygens (including phenoxy) is 1. The summed E-state index contributed by atoms with van der Waals surface area (Å²) >= 11 is 0. The molecule has 1 aromatic heterocycles. The molecule has 1 aromatic carbocycles. The second-order valence-electron chi connectivity index (χ2n) is 8.48. The average molecular weight is 407 g/mol.